The van der Waals surface area contributed by atoms with Crippen LogP contribution in [0, 0.1) is 17.8 Å². The Bertz CT molecular complexity index is 1550. The highest BCUT2D eigenvalue weighted by Crippen LogP contribution is 2.39. The van der Waals surface area contributed by atoms with Crippen molar-refractivity contribution in [2.24, 2.45) is 17.8 Å². The number of aryl methyl sites for hydroxylation is 1. The van der Waals surface area contributed by atoms with Crippen LogP contribution in [0.3, 0.4) is 0 Å². The van der Waals surface area contributed by atoms with Crippen molar-refractivity contribution in [2.75, 3.05) is 25.1 Å². The maximum Gasteiger partial charge on any atom is 0.407 e. The van der Waals surface area contributed by atoms with Gasteiger partial charge in [-0.15, -0.1) is 0 Å². The first-order valence-electron chi connectivity index (χ1n) is 18.1. The van der Waals surface area contributed by atoms with Crippen LogP contribution >= 0.6 is 0 Å². The zero-order valence-corrected chi connectivity index (χ0v) is 29.7. The zero-order chi connectivity index (χ0) is 35.3. The van der Waals surface area contributed by atoms with Gasteiger partial charge in [-0.3, -0.25) is 9.59 Å². The first-order valence-corrected chi connectivity index (χ1v) is 18.1. The number of anilines is 1. The Labute approximate surface area is 288 Å². The van der Waals surface area contributed by atoms with Gasteiger partial charge in [0.1, 0.15) is 24.0 Å². The summed E-state index contributed by atoms with van der Waals surface area (Å²) in [6.07, 6.45) is 9.44. The molecule has 49 heavy (non-hydrogen) atoms. The van der Waals surface area contributed by atoms with E-state index in [-0.39, 0.29) is 36.2 Å². The van der Waals surface area contributed by atoms with E-state index in [1.54, 1.807) is 32.6 Å². The Balaban J connectivity index is 1.31. The third-order valence-electron chi connectivity index (χ3n) is 10.3. The van der Waals surface area contributed by atoms with E-state index in [1.165, 1.54) is 5.57 Å². The molecule has 1 aromatic carbocycles. The molecule has 1 saturated carbocycles. The summed E-state index contributed by atoms with van der Waals surface area (Å²) in [6.45, 7) is 9.12. The molecule has 2 heterocycles. The number of nitrogens with zero attached hydrogens (tertiary/aromatic N) is 1. The number of rotatable bonds is 10. The largest absolute Gasteiger partial charge is 0.461 e. The standard InChI is InChI=1S/C38H53FN4O6/c1-6-27-29-21-26(17-18-30(29)41-32(27)36(46)48-7-2)40-34(44)33-28(23-11-9-8-10-12-23)19-20-43(33)35(45)25-15-13-24(14-16-25)31(22-39)42-37(47)49-38(3,4)5/h11,17-18,21,24-25,28,31,33,41H,6-10,12-16,19-20,22H2,1-5H3,(H,40,44)(H,42,47)/t24-,25-,28-,31+,33-/m0/s1. The Morgan fingerprint density at radius 3 is 2.45 bits per heavy atom. The lowest BCUT2D eigenvalue weighted by molar-refractivity contribution is -0.141. The molecule has 0 unspecified atom stereocenters. The number of halogens is 1. The van der Waals surface area contributed by atoms with Crippen molar-refractivity contribution >= 4 is 40.5 Å². The first kappa shape index (κ1) is 36.4. The second-order valence-corrected chi connectivity index (χ2v) is 14.7. The Hall–Kier alpha value is -3.89. The van der Waals surface area contributed by atoms with Crippen LogP contribution in [-0.2, 0) is 25.5 Å². The number of benzene rings is 1. The van der Waals surface area contributed by atoms with Crippen LogP contribution in [0.25, 0.3) is 10.9 Å². The Morgan fingerprint density at radius 1 is 1.06 bits per heavy atom. The maximum atomic E-state index is 14.2. The molecule has 1 aliphatic heterocycles. The van der Waals surface area contributed by atoms with Gasteiger partial charge < -0.3 is 30.0 Å². The van der Waals surface area contributed by atoms with Gasteiger partial charge in [0.25, 0.3) is 0 Å². The number of likely N-dealkylation sites (tertiary alicyclic amines) is 1. The Kier molecular flexibility index (Phi) is 11.7. The number of fused-ring (bicyclic) bond motifs is 1. The van der Waals surface area contributed by atoms with Crippen LogP contribution in [0.4, 0.5) is 14.9 Å². The highest BCUT2D eigenvalue weighted by molar-refractivity contribution is 6.02. The predicted molar refractivity (Wildman–Crippen MR) is 187 cm³/mol. The monoisotopic (exact) mass is 680 g/mol. The summed E-state index contributed by atoms with van der Waals surface area (Å²) in [5.41, 5.74) is 3.23. The van der Waals surface area contributed by atoms with E-state index < -0.39 is 36.4 Å². The summed E-state index contributed by atoms with van der Waals surface area (Å²) >= 11 is 0. The van der Waals surface area contributed by atoms with Gasteiger partial charge in [-0.25, -0.2) is 14.0 Å². The number of amides is 3. The molecule has 3 atom stereocenters. The van der Waals surface area contributed by atoms with Crippen molar-refractivity contribution in [3.05, 3.63) is 41.1 Å². The predicted octanol–water partition coefficient (Wildman–Crippen LogP) is 7.23. The SMILES string of the molecule is CCOC(=O)c1[nH]c2ccc(NC(=O)[C@@H]3[C@H](C4=CCCCC4)CCN3C(=O)[C@H]3CC[C@H]([C@@H](CF)NC(=O)OC(C)(C)C)CC3)cc2c1CC. The van der Waals surface area contributed by atoms with E-state index >= 15 is 0 Å². The fraction of sp³-hybridized carbons (Fsp3) is 0.632. The number of carbonyl (C=O) groups excluding carboxylic acids is 4. The number of alkyl halides is 1. The maximum absolute atomic E-state index is 14.2. The van der Waals surface area contributed by atoms with Crippen LogP contribution < -0.4 is 10.6 Å². The van der Waals surface area contributed by atoms with Crippen LogP contribution in [0.1, 0.15) is 108 Å². The molecule has 10 nitrogen and oxygen atoms in total. The number of alkyl carbamates (subject to hydrolysis) is 1. The topological polar surface area (TPSA) is 130 Å². The molecule has 2 aromatic rings. The minimum absolute atomic E-state index is 0.0251. The molecule has 2 aliphatic carbocycles. The van der Waals surface area contributed by atoms with E-state index in [4.69, 9.17) is 9.47 Å². The number of carbonyl (C=O) groups is 4. The first-order chi connectivity index (χ1) is 23.4. The number of aromatic amines is 1. The third kappa shape index (κ3) is 8.47. The van der Waals surface area contributed by atoms with Gasteiger partial charge in [0.2, 0.25) is 11.8 Å². The zero-order valence-electron chi connectivity index (χ0n) is 29.7. The summed E-state index contributed by atoms with van der Waals surface area (Å²) in [4.78, 5) is 58.3. The number of aromatic nitrogens is 1. The number of hydrogen-bond donors (Lipinski definition) is 3. The molecule has 2 fully saturated rings. The van der Waals surface area contributed by atoms with Crippen LogP contribution in [0.5, 0.6) is 0 Å². The van der Waals surface area contributed by atoms with Gasteiger partial charge in [-0.05, 0) is 122 Å². The summed E-state index contributed by atoms with van der Waals surface area (Å²) in [5, 5.41) is 6.67. The molecule has 0 radical (unpaired) electrons. The van der Waals surface area contributed by atoms with Crippen LogP contribution in [0.15, 0.2) is 29.8 Å². The van der Waals surface area contributed by atoms with Gasteiger partial charge in [0.05, 0.1) is 12.6 Å². The van der Waals surface area contributed by atoms with E-state index in [1.807, 2.05) is 25.1 Å². The van der Waals surface area contributed by atoms with Crippen LogP contribution in [0.2, 0.25) is 0 Å². The summed E-state index contributed by atoms with van der Waals surface area (Å²) < 4.78 is 24.6. The van der Waals surface area contributed by atoms with E-state index in [9.17, 15) is 23.6 Å². The van der Waals surface area contributed by atoms with Gasteiger partial charge >= 0.3 is 12.1 Å². The van der Waals surface area contributed by atoms with E-state index in [0.717, 1.165) is 48.6 Å². The number of ether oxygens (including phenoxy) is 2. The number of esters is 1. The minimum Gasteiger partial charge on any atom is -0.461 e. The van der Waals surface area contributed by atoms with E-state index in [2.05, 4.69) is 21.7 Å². The second kappa shape index (κ2) is 15.8. The molecule has 268 valence electrons. The number of nitrogens with one attached hydrogen (secondary N) is 3. The van der Waals surface area contributed by atoms with E-state index in [0.29, 0.717) is 50.0 Å². The molecule has 11 heteroatoms. The lowest BCUT2D eigenvalue weighted by Crippen LogP contribution is -2.49. The fourth-order valence-corrected chi connectivity index (χ4v) is 7.98. The molecular formula is C38H53FN4O6. The molecule has 3 amide bonds. The van der Waals surface area contributed by atoms with Crippen molar-refractivity contribution < 1.29 is 33.0 Å². The summed E-state index contributed by atoms with van der Waals surface area (Å²) in [6, 6.07) is 4.25. The van der Waals surface area contributed by atoms with Gasteiger partial charge in [0, 0.05) is 35.0 Å². The van der Waals surface area contributed by atoms with Crippen molar-refractivity contribution in [3.63, 3.8) is 0 Å². The van der Waals surface area contributed by atoms with Gasteiger partial charge in [-0.1, -0.05) is 18.6 Å². The molecular weight excluding hydrogens is 627 g/mol. The van der Waals surface area contributed by atoms with Crippen LogP contribution in [-0.4, -0.2) is 71.3 Å². The average Bonchev–Trinajstić information content (AvgIpc) is 3.69. The molecule has 5 rings (SSSR count). The highest BCUT2D eigenvalue weighted by Gasteiger charge is 2.45. The summed E-state index contributed by atoms with van der Waals surface area (Å²) in [7, 11) is 0. The normalized spacial score (nSPS) is 23.5. The quantitative estimate of drug-likeness (QED) is 0.179. The second-order valence-electron chi connectivity index (χ2n) is 14.7. The summed E-state index contributed by atoms with van der Waals surface area (Å²) in [5.74, 6) is -1.06. The van der Waals surface area contributed by atoms with Crippen molar-refractivity contribution in [3.8, 4) is 0 Å². The van der Waals surface area contributed by atoms with Crippen molar-refractivity contribution in [1.29, 1.82) is 0 Å². The number of H-pyrrole nitrogens is 1. The third-order valence-corrected chi connectivity index (χ3v) is 10.3. The fourth-order valence-electron chi connectivity index (χ4n) is 7.98. The Morgan fingerprint density at radius 2 is 1.82 bits per heavy atom. The van der Waals surface area contributed by atoms with Crippen molar-refractivity contribution in [2.45, 2.75) is 117 Å². The number of allylic oxidation sites excluding steroid dienone is 1. The number of hydrogen-bond acceptors (Lipinski definition) is 6. The molecule has 1 saturated heterocycles. The van der Waals surface area contributed by atoms with Gasteiger partial charge in [0.15, 0.2) is 0 Å². The smallest absolute Gasteiger partial charge is 0.407 e. The molecule has 3 aliphatic rings. The van der Waals surface area contributed by atoms with Crippen molar-refractivity contribution in [1.82, 2.24) is 15.2 Å². The lowest BCUT2D eigenvalue weighted by atomic mass is 9.78. The lowest BCUT2D eigenvalue weighted by Gasteiger charge is -2.36. The minimum atomic E-state index is -0.702. The molecule has 3 N–H and O–H groups in total. The molecule has 0 spiro atoms. The molecule has 0 bridgehead atoms. The highest BCUT2D eigenvalue weighted by atomic mass is 19.1. The average molecular weight is 681 g/mol. The van der Waals surface area contributed by atoms with Gasteiger partial charge in [-0.2, -0.15) is 0 Å². The molecule has 1 aromatic heterocycles.